The maximum atomic E-state index is 11.4. The van der Waals surface area contributed by atoms with Gasteiger partial charge >= 0.3 is 5.97 Å². The molecule has 17 heavy (non-hydrogen) atoms. The monoisotopic (exact) mass is 233 g/mol. The summed E-state index contributed by atoms with van der Waals surface area (Å²) in [7, 11) is 0. The maximum Gasteiger partial charge on any atom is 0.339 e. The summed E-state index contributed by atoms with van der Waals surface area (Å²) in [5, 5.41) is 3.90. The van der Waals surface area contributed by atoms with E-state index in [1.165, 1.54) is 17.2 Å². The molecule has 0 spiro atoms. The molecule has 2 N–H and O–H groups in total. The molecule has 0 aromatic carbocycles. The van der Waals surface area contributed by atoms with Crippen LogP contribution < -0.4 is 5.73 Å². The summed E-state index contributed by atoms with van der Waals surface area (Å²) < 4.78 is 6.26. The van der Waals surface area contributed by atoms with E-state index in [1.807, 2.05) is 0 Å². The average Bonchev–Trinajstić information content (AvgIpc) is 2.76. The molecular formula is C10H11N5O2. The van der Waals surface area contributed by atoms with Gasteiger partial charge in [-0.3, -0.25) is 0 Å². The van der Waals surface area contributed by atoms with Crippen molar-refractivity contribution in [3.63, 3.8) is 0 Å². The molecule has 0 unspecified atom stereocenters. The van der Waals surface area contributed by atoms with Gasteiger partial charge in [-0.25, -0.2) is 19.4 Å². The Bertz CT molecular complexity index is 520. The van der Waals surface area contributed by atoms with Gasteiger partial charge in [0.25, 0.3) is 0 Å². The quantitative estimate of drug-likeness (QED) is 0.772. The van der Waals surface area contributed by atoms with Gasteiger partial charge in [0.1, 0.15) is 6.33 Å². The van der Waals surface area contributed by atoms with Crippen LogP contribution in [0.3, 0.4) is 0 Å². The second-order valence-corrected chi connectivity index (χ2v) is 3.17. The summed E-state index contributed by atoms with van der Waals surface area (Å²) >= 11 is 0. The summed E-state index contributed by atoms with van der Waals surface area (Å²) in [6.07, 6.45) is 2.87. The zero-order chi connectivity index (χ0) is 12.3. The molecule has 7 heteroatoms. The number of anilines is 1. The highest BCUT2D eigenvalue weighted by atomic mass is 16.5. The normalized spacial score (nSPS) is 10.2. The minimum atomic E-state index is -0.398. The number of hydrogen-bond donors (Lipinski definition) is 1. The first kappa shape index (κ1) is 11.1. The second kappa shape index (κ2) is 4.60. The van der Waals surface area contributed by atoms with Crippen LogP contribution in [-0.4, -0.2) is 32.3 Å². The number of rotatable bonds is 3. The van der Waals surface area contributed by atoms with Gasteiger partial charge in [0.05, 0.1) is 12.2 Å². The third kappa shape index (κ3) is 2.39. The van der Waals surface area contributed by atoms with Crippen LogP contribution >= 0.6 is 0 Å². The summed E-state index contributed by atoms with van der Waals surface area (Å²) in [6, 6.07) is 3.25. The highest BCUT2D eigenvalue weighted by Gasteiger charge is 2.07. The first-order valence-corrected chi connectivity index (χ1v) is 5.01. The number of nitrogens with zero attached hydrogens (tertiary/aromatic N) is 4. The molecule has 0 radical (unpaired) electrons. The van der Waals surface area contributed by atoms with Crippen molar-refractivity contribution in [2.75, 3.05) is 12.3 Å². The van der Waals surface area contributed by atoms with E-state index in [0.717, 1.165) is 0 Å². The fourth-order valence-corrected chi connectivity index (χ4v) is 1.24. The Morgan fingerprint density at radius 3 is 2.82 bits per heavy atom. The summed E-state index contributed by atoms with van der Waals surface area (Å²) in [5.74, 6) is 0.299. The van der Waals surface area contributed by atoms with Crippen LogP contribution in [0.4, 0.5) is 5.95 Å². The number of pyridine rings is 1. The van der Waals surface area contributed by atoms with Crippen molar-refractivity contribution in [1.82, 2.24) is 19.7 Å². The smallest absolute Gasteiger partial charge is 0.339 e. The zero-order valence-electron chi connectivity index (χ0n) is 9.20. The summed E-state index contributed by atoms with van der Waals surface area (Å²) in [4.78, 5) is 19.2. The molecule has 0 amide bonds. The van der Waals surface area contributed by atoms with E-state index in [-0.39, 0.29) is 5.95 Å². The third-order valence-electron chi connectivity index (χ3n) is 2.00. The largest absolute Gasteiger partial charge is 0.462 e. The van der Waals surface area contributed by atoms with E-state index >= 15 is 0 Å². The van der Waals surface area contributed by atoms with E-state index in [0.29, 0.717) is 18.0 Å². The molecule has 2 aromatic heterocycles. The van der Waals surface area contributed by atoms with E-state index in [4.69, 9.17) is 10.5 Å². The molecule has 0 atom stereocenters. The lowest BCUT2D eigenvalue weighted by molar-refractivity contribution is 0.0526. The fraction of sp³-hybridized carbons (Fsp3) is 0.200. The Balaban J connectivity index is 2.21. The van der Waals surface area contributed by atoms with Crippen LogP contribution in [-0.2, 0) is 4.74 Å². The molecule has 0 aliphatic carbocycles. The lowest BCUT2D eigenvalue weighted by Gasteiger charge is -2.02. The number of aromatic nitrogens is 4. The van der Waals surface area contributed by atoms with Crippen molar-refractivity contribution in [2.24, 2.45) is 0 Å². The highest BCUT2D eigenvalue weighted by Crippen LogP contribution is 2.06. The summed E-state index contributed by atoms with van der Waals surface area (Å²) in [6.45, 7) is 2.08. The standard InChI is InChI=1S/C10H11N5O2/c1-2-17-9(16)7-3-4-8(12-5-7)15-6-13-10(11)14-15/h3-6H,2H2,1H3,(H2,11,14). The van der Waals surface area contributed by atoms with Crippen molar-refractivity contribution < 1.29 is 9.53 Å². The van der Waals surface area contributed by atoms with Crippen LogP contribution in [0.1, 0.15) is 17.3 Å². The predicted octanol–water partition coefficient (Wildman–Crippen LogP) is 0.421. The molecule has 0 aliphatic heterocycles. The SMILES string of the molecule is CCOC(=O)c1ccc(-n2cnc(N)n2)nc1. The molecule has 88 valence electrons. The number of nitrogen functional groups attached to an aromatic ring is 1. The van der Waals surface area contributed by atoms with Crippen molar-refractivity contribution >= 4 is 11.9 Å². The van der Waals surface area contributed by atoms with Crippen LogP contribution in [0, 0.1) is 0 Å². The number of esters is 1. The first-order valence-electron chi connectivity index (χ1n) is 5.01. The van der Waals surface area contributed by atoms with Gasteiger partial charge in [0, 0.05) is 6.20 Å². The second-order valence-electron chi connectivity index (χ2n) is 3.17. The van der Waals surface area contributed by atoms with Gasteiger partial charge in [-0.15, -0.1) is 5.10 Å². The minimum Gasteiger partial charge on any atom is -0.462 e. The Morgan fingerprint density at radius 2 is 2.29 bits per heavy atom. The van der Waals surface area contributed by atoms with Gasteiger partial charge in [-0.05, 0) is 19.1 Å². The van der Waals surface area contributed by atoms with Gasteiger partial charge in [-0.1, -0.05) is 0 Å². The number of nitrogens with two attached hydrogens (primary N) is 1. The minimum absolute atomic E-state index is 0.168. The van der Waals surface area contributed by atoms with Crippen LogP contribution in [0.15, 0.2) is 24.7 Å². The fourth-order valence-electron chi connectivity index (χ4n) is 1.24. The summed E-state index contributed by atoms with van der Waals surface area (Å²) in [5.41, 5.74) is 5.78. The van der Waals surface area contributed by atoms with Crippen molar-refractivity contribution in [3.8, 4) is 5.82 Å². The van der Waals surface area contributed by atoms with E-state index in [1.54, 1.807) is 19.1 Å². The average molecular weight is 233 g/mol. The predicted molar refractivity (Wildman–Crippen MR) is 59.5 cm³/mol. The zero-order valence-corrected chi connectivity index (χ0v) is 9.20. The Morgan fingerprint density at radius 1 is 1.47 bits per heavy atom. The van der Waals surface area contributed by atoms with Crippen LogP contribution in [0.2, 0.25) is 0 Å². The lowest BCUT2D eigenvalue weighted by atomic mass is 10.3. The Labute approximate surface area is 97.2 Å². The van der Waals surface area contributed by atoms with Crippen molar-refractivity contribution in [2.45, 2.75) is 6.92 Å². The molecular weight excluding hydrogens is 222 g/mol. The molecule has 2 heterocycles. The molecule has 0 saturated carbocycles. The highest BCUT2D eigenvalue weighted by molar-refractivity contribution is 5.89. The number of ether oxygens (including phenoxy) is 1. The van der Waals surface area contributed by atoms with Crippen molar-refractivity contribution in [1.29, 1.82) is 0 Å². The molecule has 0 aliphatic rings. The van der Waals surface area contributed by atoms with E-state index in [9.17, 15) is 4.79 Å². The van der Waals surface area contributed by atoms with Gasteiger partial charge in [-0.2, -0.15) is 0 Å². The number of carbonyl (C=O) groups excluding carboxylic acids is 1. The molecule has 2 aromatic rings. The van der Waals surface area contributed by atoms with Gasteiger partial charge in [0.2, 0.25) is 5.95 Å². The van der Waals surface area contributed by atoms with Gasteiger partial charge < -0.3 is 10.5 Å². The van der Waals surface area contributed by atoms with Crippen LogP contribution in [0.5, 0.6) is 0 Å². The van der Waals surface area contributed by atoms with E-state index in [2.05, 4.69) is 15.1 Å². The number of carbonyl (C=O) groups is 1. The lowest BCUT2D eigenvalue weighted by Crippen LogP contribution is -2.06. The van der Waals surface area contributed by atoms with Crippen LogP contribution in [0.25, 0.3) is 5.82 Å². The first-order chi connectivity index (χ1) is 8.20. The Hall–Kier alpha value is -2.44. The molecule has 0 saturated heterocycles. The molecule has 7 nitrogen and oxygen atoms in total. The maximum absolute atomic E-state index is 11.4. The van der Waals surface area contributed by atoms with E-state index < -0.39 is 5.97 Å². The topological polar surface area (TPSA) is 95.9 Å². The number of hydrogen-bond acceptors (Lipinski definition) is 6. The molecule has 2 rings (SSSR count). The molecule has 0 bridgehead atoms. The molecule has 0 fully saturated rings. The third-order valence-corrected chi connectivity index (χ3v) is 2.00. The van der Waals surface area contributed by atoms with Crippen molar-refractivity contribution in [3.05, 3.63) is 30.2 Å². The van der Waals surface area contributed by atoms with Gasteiger partial charge in [0.15, 0.2) is 5.82 Å². The Kier molecular flexibility index (Phi) is 2.99.